The lowest BCUT2D eigenvalue weighted by Crippen LogP contribution is -2.45. The summed E-state index contributed by atoms with van der Waals surface area (Å²) < 4.78 is 36.3. The number of nitrogens with zero attached hydrogens (tertiary/aromatic N) is 1. The molecule has 1 aromatic carbocycles. The Labute approximate surface area is 117 Å². The third-order valence-electron chi connectivity index (χ3n) is 2.64. The quantitative estimate of drug-likeness (QED) is 0.869. The number of carboxylic acid groups (broad SMARTS) is 1. The fraction of sp³-hybridized carbons (Fsp3) is 0.417. The number of sulfonamides is 1. The van der Waals surface area contributed by atoms with Crippen LogP contribution in [-0.4, -0.2) is 31.6 Å². The number of hydrogen-bond acceptors (Lipinski definition) is 4. The van der Waals surface area contributed by atoms with Crippen LogP contribution in [0.25, 0.3) is 0 Å². The van der Waals surface area contributed by atoms with Gasteiger partial charge in [-0.25, -0.2) is 17.9 Å². The van der Waals surface area contributed by atoms with Crippen molar-refractivity contribution in [1.82, 2.24) is 0 Å². The van der Waals surface area contributed by atoms with Crippen LogP contribution in [0.15, 0.2) is 23.1 Å². The van der Waals surface area contributed by atoms with Crippen molar-refractivity contribution in [2.75, 3.05) is 11.4 Å². The maximum Gasteiger partial charge on any atom is 0.323 e. The summed E-state index contributed by atoms with van der Waals surface area (Å²) in [5, 5.41) is 13.8. The number of rotatable bonds is 4. The molecule has 8 heteroatoms. The van der Waals surface area contributed by atoms with Gasteiger partial charge in [0, 0.05) is 5.54 Å². The zero-order valence-electron chi connectivity index (χ0n) is 11.4. The van der Waals surface area contributed by atoms with E-state index in [0.717, 1.165) is 12.1 Å². The first-order valence-corrected chi connectivity index (χ1v) is 7.29. The number of primary sulfonamides is 1. The Morgan fingerprint density at radius 3 is 2.30 bits per heavy atom. The number of hydrogen-bond donors (Lipinski definition) is 2. The van der Waals surface area contributed by atoms with Crippen molar-refractivity contribution in [3.63, 3.8) is 0 Å². The van der Waals surface area contributed by atoms with Crippen molar-refractivity contribution in [3.8, 4) is 0 Å². The zero-order chi connectivity index (χ0) is 15.7. The first-order valence-electron chi connectivity index (χ1n) is 5.74. The first kappa shape index (κ1) is 16.4. The van der Waals surface area contributed by atoms with Gasteiger partial charge in [-0.2, -0.15) is 0 Å². The molecule has 0 fully saturated rings. The fourth-order valence-electron chi connectivity index (χ4n) is 1.70. The van der Waals surface area contributed by atoms with Gasteiger partial charge in [-0.05, 0) is 39.0 Å². The second kappa shape index (κ2) is 5.37. The molecule has 3 N–H and O–H groups in total. The van der Waals surface area contributed by atoms with E-state index in [1.165, 1.54) is 11.0 Å². The van der Waals surface area contributed by atoms with E-state index in [4.69, 9.17) is 10.2 Å². The highest BCUT2D eigenvalue weighted by atomic mass is 32.2. The Bertz CT molecular complexity index is 623. The van der Waals surface area contributed by atoms with Crippen LogP contribution in [0.1, 0.15) is 20.8 Å². The van der Waals surface area contributed by atoms with E-state index >= 15 is 0 Å². The summed E-state index contributed by atoms with van der Waals surface area (Å²) in [4.78, 5) is 11.9. The summed E-state index contributed by atoms with van der Waals surface area (Å²) in [7, 11) is -4.00. The molecule has 0 unspecified atom stereocenters. The van der Waals surface area contributed by atoms with E-state index in [0.29, 0.717) is 0 Å². The molecule has 0 aliphatic rings. The molecule has 0 aliphatic carbocycles. The minimum Gasteiger partial charge on any atom is -0.480 e. The van der Waals surface area contributed by atoms with Gasteiger partial charge in [0.1, 0.15) is 12.4 Å². The molecule has 0 spiro atoms. The Kier molecular flexibility index (Phi) is 4.40. The standard InChI is InChI=1S/C12H17FN2O4S/c1-12(2,3)15(7-11(16)17)10-5-4-8(6-9(10)13)20(14,18)19/h4-6H,7H2,1-3H3,(H,16,17)(H2,14,18,19). The van der Waals surface area contributed by atoms with Crippen LogP contribution >= 0.6 is 0 Å². The summed E-state index contributed by atoms with van der Waals surface area (Å²) in [6.45, 7) is 4.77. The third kappa shape index (κ3) is 3.91. The SMILES string of the molecule is CC(C)(C)N(CC(=O)O)c1ccc(S(N)(=O)=O)cc1F. The van der Waals surface area contributed by atoms with E-state index in [1.807, 2.05) is 0 Å². The van der Waals surface area contributed by atoms with Crippen molar-refractivity contribution >= 4 is 21.7 Å². The largest absolute Gasteiger partial charge is 0.480 e. The molecule has 1 aromatic rings. The summed E-state index contributed by atoms with van der Waals surface area (Å²) in [5.74, 6) is -1.96. The highest BCUT2D eigenvalue weighted by Gasteiger charge is 2.27. The molecular formula is C12H17FN2O4S. The first-order chi connectivity index (χ1) is 8.93. The average molecular weight is 304 g/mol. The average Bonchev–Trinajstić information content (AvgIpc) is 2.23. The molecule has 0 aromatic heterocycles. The maximum absolute atomic E-state index is 14.1. The van der Waals surface area contributed by atoms with E-state index in [1.54, 1.807) is 20.8 Å². The smallest absolute Gasteiger partial charge is 0.323 e. The van der Waals surface area contributed by atoms with Gasteiger partial charge < -0.3 is 10.0 Å². The van der Waals surface area contributed by atoms with Crippen LogP contribution in [0, 0.1) is 5.82 Å². The summed E-state index contributed by atoms with van der Waals surface area (Å²) in [5.41, 5.74) is -0.644. The minimum absolute atomic E-state index is 0.00676. The molecular weight excluding hydrogens is 287 g/mol. The van der Waals surface area contributed by atoms with E-state index < -0.39 is 33.9 Å². The minimum atomic E-state index is -4.00. The Morgan fingerprint density at radius 2 is 1.95 bits per heavy atom. The van der Waals surface area contributed by atoms with Crippen molar-refractivity contribution in [3.05, 3.63) is 24.0 Å². The normalized spacial score (nSPS) is 12.2. The Hall–Kier alpha value is -1.67. The van der Waals surface area contributed by atoms with Gasteiger partial charge >= 0.3 is 5.97 Å². The van der Waals surface area contributed by atoms with Crippen LogP contribution in [0.5, 0.6) is 0 Å². The zero-order valence-corrected chi connectivity index (χ0v) is 12.2. The van der Waals surface area contributed by atoms with Gasteiger partial charge in [-0.1, -0.05) is 0 Å². The van der Waals surface area contributed by atoms with Crippen molar-refractivity contribution in [2.45, 2.75) is 31.2 Å². The number of carbonyl (C=O) groups is 1. The summed E-state index contributed by atoms with van der Waals surface area (Å²) in [6.07, 6.45) is 0. The number of carboxylic acids is 1. The molecule has 112 valence electrons. The number of benzene rings is 1. The molecule has 0 radical (unpaired) electrons. The molecule has 0 saturated carbocycles. The monoisotopic (exact) mass is 304 g/mol. The van der Waals surface area contributed by atoms with Crippen LogP contribution < -0.4 is 10.0 Å². The highest BCUT2D eigenvalue weighted by molar-refractivity contribution is 7.89. The van der Waals surface area contributed by atoms with Crippen LogP contribution in [0.3, 0.4) is 0 Å². The number of halogens is 1. The molecule has 0 heterocycles. The second-order valence-electron chi connectivity index (χ2n) is 5.31. The molecule has 1 rings (SSSR count). The van der Waals surface area contributed by atoms with Crippen LogP contribution in [0.2, 0.25) is 0 Å². The predicted octanol–water partition coefficient (Wildman–Crippen LogP) is 1.16. The lowest BCUT2D eigenvalue weighted by molar-refractivity contribution is -0.135. The lowest BCUT2D eigenvalue weighted by atomic mass is 10.0. The van der Waals surface area contributed by atoms with Gasteiger partial charge in [-0.3, -0.25) is 4.79 Å². The summed E-state index contributed by atoms with van der Waals surface area (Å²) in [6, 6.07) is 3.14. The molecule has 0 atom stereocenters. The molecule has 0 amide bonds. The van der Waals surface area contributed by atoms with Gasteiger partial charge in [-0.15, -0.1) is 0 Å². The van der Waals surface area contributed by atoms with Crippen molar-refractivity contribution < 1.29 is 22.7 Å². The van der Waals surface area contributed by atoms with Crippen molar-refractivity contribution in [1.29, 1.82) is 0 Å². The molecule has 0 bridgehead atoms. The third-order valence-corrected chi connectivity index (χ3v) is 3.55. The number of anilines is 1. The fourth-order valence-corrected chi connectivity index (χ4v) is 2.23. The van der Waals surface area contributed by atoms with Crippen LogP contribution in [-0.2, 0) is 14.8 Å². The second-order valence-corrected chi connectivity index (χ2v) is 6.87. The molecule has 0 aliphatic heterocycles. The van der Waals surface area contributed by atoms with Gasteiger partial charge in [0.15, 0.2) is 0 Å². The molecule has 6 nitrogen and oxygen atoms in total. The predicted molar refractivity (Wildman–Crippen MR) is 72.5 cm³/mol. The topological polar surface area (TPSA) is 101 Å². The Morgan fingerprint density at radius 1 is 1.40 bits per heavy atom. The van der Waals surface area contributed by atoms with Crippen LogP contribution in [0.4, 0.5) is 10.1 Å². The number of aliphatic carboxylic acids is 1. The van der Waals surface area contributed by atoms with Gasteiger partial charge in [0.05, 0.1) is 10.6 Å². The van der Waals surface area contributed by atoms with Crippen molar-refractivity contribution in [2.24, 2.45) is 5.14 Å². The van der Waals surface area contributed by atoms with E-state index in [-0.39, 0.29) is 10.6 Å². The molecule has 0 saturated heterocycles. The van der Waals surface area contributed by atoms with E-state index in [9.17, 15) is 17.6 Å². The van der Waals surface area contributed by atoms with Gasteiger partial charge in [0.2, 0.25) is 10.0 Å². The number of nitrogens with two attached hydrogens (primary N) is 1. The Balaban J connectivity index is 3.33. The lowest BCUT2D eigenvalue weighted by Gasteiger charge is -2.36. The summed E-state index contributed by atoms with van der Waals surface area (Å²) >= 11 is 0. The van der Waals surface area contributed by atoms with E-state index in [2.05, 4.69) is 0 Å². The highest BCUT2D eigenvalue weighted by Crippen LogP contribution is 2.28. The van der Waals surface area contributed by atoms with Gasteiger partial charge in [0.25, 0.3) is 0 Å². The molecule has 20 heavy (non-hydrogen) atoms. The maximum atomic E-state index is 14.1.